The monoisotopic (exact) mass is 812 g/mol. The first-order chi connectivity index (χ1) is 27.1. The number of aliphatic carboxylic acids is 1. The molecular weight excluding hydrogens is 733 g/mol. The lowest BCUT2D eigenvalue weighted by Gasteiger charge is -2.20. The molecule has 0 saturated carbocycles. The number of nitrogens with two attached hydrogens (primary N) is 1. The number of rotatable bonds is 40. The predicted molar refractivity (Wildman–Crippen MR) is 226 cm³/mol. The molecule has 4 N–H and O–H groups in total. The van der Waals surface area contributed by atoms with Gasteiger partial charge in [-0.15, -0.1) is 0 Å². The van der Waals surface area contributed by atoms with Crippen molar-refractivity contribution in [3.63, 3.8) is 0 Å². The van der Waals surface area contributed by atoms with Crippen LogP contribution in [0.25, 0.3) is 0 Å². The van der Waals surface area contributed by atoms with E-state index in [1.807, 2.05) is 6.08 Å². The van der Waals surface area contributed by atoms with Gasteiger partial charge in [-0.3, -0.25) is 23.4 Å². The molecule has 12 heteroatoms. The molecule has 11 nitrogen and oxygen atoms in total. The number of ether oxygens (including phenoxy) is 2. The predicted octanol–water partition coefficient (Wildman–Crippen LogP) is 11.4. The third-order valence-corrected chi connectivity index (χ3v) is 10.0. The van der Waals surface area contributed by atoms with Gasteiger partial charge in [0.25, 0.3) is 0 Å². The lowest BCUT2D eigenvalue weighted by molar-refractivity contribution is -0.161. The van der Waals surface area contributed by atoms with Crippen molar-refractivity contribution >= 4 is 25.7 Å². The first-order valence-electron chi connectivity index (χ1n) is 21.7. The average Bonchev–Trinajstić information content (AvgIpc) is 3.17. The molecule has 0 bridgehead atoms. The zero-order chi connectivity index (χ0) is 41.4. The van der Waals surface area contributed by atoms with Crippen LogP contribution in [0.15, 0.2) is 48.6 Å². The van der Waals surface area contributed by atoms with E-state index in [-0.39, 0.29) is 19.4 Å². The molecule has 0 amide bonds. The third-order valence-electron chi connectivity index (χ3n) is 9.05. The molecule has 0 spiro atoms. The van der Waals surface area contributed by atoms with Gasteiger partial charge in [-0.25, -0.2) is 4.57 Å². The molecule has 0 aromatic rings. The van der Waals surface area contributed by atoms with Gasteiger partial charge in [0, 0.05) is 12.8 Å². The average molecular weight is 812 g/mol. The Morgan fingerprint density at radius 2 is 0.964 bits per heavy atom. The molecule has 1 unspecified atom stereocenters. The van der Waals surface area contributed by atoms with Crippen molar-refractivity contribution in [2.45, 2.75) is 193 Å². The fraction of sp³-hybridized carbons (Fsp3) is 0.750. The summed E-state index contributed by atoms with van der Waals surface area (Å²) in [4.78, 5) is 45.9. The summed E-state index contributed by atoms with van der Waals surface area (Å²) in [5.41, 5.74) is 5.32. The van der Waals surface area contributed by atoms with Crippen LogP contribution in [0, 0.1) is 0 Å². The van der Waals surface area contributed by atoms with Crippen LogP contribution in [0.2, 0.25) is 0 Å². The third kappa shape index (κ3) is 38.3. The van der Waals surface area contributed by atoms with E-state index < -0.39 is 51.1 Å². The summed E-state index contributed by atoms with van der Waals surface area (Å²) in [5, 5.41) is 8.88. The summed E-state index contributed by atoms with van der Waals surface area (Å²) in [5.74, 6) is -2.48. The molecule has 0 radical (unpaired) electrons. The molecule has 0 aliphatic heterocycles. The molecule has 324 valence electrons. The minimum absolute atomic E-state index is 0.0897. The number of phosphoric ester groups is 1. The van der Waals surface area contributed by atoms with E-state index in [1.165, 1.54) is 96.3 Å². The number of unbranched alkanes of at least 4 members (excludes halogenated alkanes) is 18. The second-order valence-corrected chi connectivity index (χ2v) is 15.9. The molecule has 0 aromatic carbocycles. The Kier molecular flexibility index (Phi) is 37.5. The van der Waals surface area contributed by atoms with Crippen molar-refractivity contribution in [2.24, 2.45) is 5.73 Å². The van der Waals surface area contributed by atoms with Gasteiger partial charge in [0.15, 0.2) is 6.10 Å². The van der Waals surface area contributed by atoms with Crippen LogP contribution in [-0.4, -0.2) is 59.9 Å². The van der Waals surface area contributed by atoms with Crippen molar-refractivity contribution in [3.05, 3.63) is 48.6 Å². The van der Waals surface area contributed by atoms with Crippen molar-refractivity contribution in [2.75, 3.05) is 19.8 Å². The van der Waals surface area contributed by atoms with E-state index in [4.69, 9.17) is 24.8 Å². The summed E-state index contributed by atoms with van der Waals surface area (Å²) in [6.07, 6.45) is 43.3. The number of hydrogen-bond donors (Lipinski definition) is 3. The van der Waals surface area contributed by atoms with Crippen LogP contribution < -0.4 is 5.73 Å². The fourth-order valence-corrected chi connectivity index (χ4v) is 6.38. The first-order valence-corrected chi connectivity index (χ1v) is 23.2. The van der Waals surface area contributed by atoms with Crippen LogP contribution in [-0.2, 0) is 37.5 Å². The van der Waals surface area contributed by atoms with Gasteiger partial charge >= 0.3 is 25.7 Å². The summed E-state index contributed by atoms with van der Waals surface area (Å²) in [6, 6.07) is -1.53. The topological polar surface area (TPSA) is 172 Å². The highest BCUT2D eigenvalue weighted by Gasteiger charge is 2.28. The highest BCUT2D eigenvalue weighted by molar-refractivity contribution is 7.47. The Morgan fingerprint density at radius 3 is 1.45 bits per heavy atom. The van der Waals surface area contributed by atoms with E-state index in [2.05, 4.69) is 60.9 Å². The largest absolute Gasteiger partial charge is 0.480 e. The number of allylic oxidation sites excluding steroid dienone is 8. The minimum atomic E-state index is -4.73. The van der Waals surface area contributed by atoms with Crippen LogP contribution in [0.3, 0.4) is 0 Å². The maximum atomic E-state index is 12.6. The smallest absolute Gasteiger partial charge is 0.472 e. The highest BCUT2D eigenvalue weighted by Crippen LogP contribution is 2.43. The van der Waals surface area contributed by atoms with E-state index in [1.54, 1.807) is 0 Å². The molecule has 0 aliphatic rings. The molecular formula is C44H78NO10P. The van der Waals surface area contributed by atoms with Gasteiger partial charge < -0.3 is 25.2 Å². The molecule has 3 atom stereocenters. The fourth-order valence-electron chi connectivity index (χ4n) is 5.60. The van der Waals surface area contributed by atoms with E-state index in [9.17, 15) is 23.8 Å². The Morgan fingerprint density at radius 1 is 0.554 bits per heavy atom. The lowest BCUT2D eigenvalue weighted by atomic mass is 10.1. The van der Waals surface area contributed by atoms with Gasteiger partial charge in [-0.05, 0) is 70.6 Å². The molecule has 0 aromatic heterocycles. The van der Waals surface area contributed by atoms with E-state index in [0.717, 1.165) is 38.5 Å². The van der Waals surface area contributed by atoms with Gasteiger partial charge in [0.05, 0.1) is 13.2 Å². The number of hydrogen-bond acceptors (Lipinski definition) is 9. The lowest BCUT2D eigenvalue weighted by Crippen LogP contribution is -2.34. The highest BCUT2D eigenvalue weighted by atomic mass is 31.2. The molecule has 0 aliphatic carbocycles. The molecule has 0 rings (SSSR count). The second kappa shape index (κ2) is 39.3. The van der Waals surface area contributed by atoms with Gasteiger partial charge in [-0.1, -0.05) is 146 Å². The summed E-state index contributed by atoms with van der Waals surface area (Å²) >= 11 is 0. The van der Waals surface area contributed by atoms with E-state index >= 15 is 0 Å². The summed E-state index contributed by atoms with van der Waals surface area (Å²) < 4.78 is 32.6. The van der Waals surface area contributed by atoms with Gasteiger partial charge in [0.1, 0.15) is 12.6 Å². The number of esters is 2. The SMILES string of the molecule is CCCCCCCC/C=C/C/C=C/CCCCC(=O)OC[C@H](COP(=O)(O)OC[C@H](N)C(=O)O)OC(=O)CCC/C=C/C/C=C/CCCCCCCCCCC. The van der Waals surface area contributed by atoms with Crippen LogP contribution in [0.1, 0.15) is 181 Å². The first kappa shape index (κ1) is 53.4. The Balaban J connectivity index is 4.49. The quantitative estimate of drug-likeness (QED) is 0.0233. The molecule has 0 fully saturated rings. The maximum absolute atomic E-state index is 12.6. The second-order valence-electron chi connectivity index (χ2n) is 14.5. The number of phosphoric acid groups is 1. The Bertz CT molecular complexity index is 1140. The zero-order valence-corrected chi connectivity index (χ0v) is 35.9. The zero-order valence-electron chi connectivity index (χ0n) is 35.0. The molecule has 56 heavy (non-hydrogen) atoms. The number of carbonyl (C=O) groups is 3. The normalized spacial score (nSPS) is 14.2. The van der Waals surface area contributed by atoms with Crippen molar-refractivity contribution in [1.82, 2.24) is 0 Å². The van der Waals surface area contributed by atoms with Crippen molar-refractivity contribution in [3.8, 4) is 0 Å². The number of carbonyl (C=O) groups excluding carboxylic acids is 2. The van der Waals surface area contributed by atoms with Gasteiger partial charge in [-0.2, -0.15) is 0 Å². The maximum Gasteiger partial charge on any atom is 0.472 e. The molecule has 0 saturated heterocycles. The van der Waals surface area contributed by atoms with Gasteiger partial charge in [0.2, 0.25) is 0 Å². The summed E-state index contributed by atoms with van der Waals surface area (Å²) in [7, 11) is -4.73. The van der Waals surface area contributed by atoms with Crippen molar-refractivity contribution in [1.29, 1.82) is 0 Å². The Hall–Kier alpha value is -2.56. The number of carboxylic acids is 1. The number of carboxylic acid groups (broad SMARTS) is 1. The van der Waals surface area contributed by atoms with Crippen molar-refractivity contribution < 1.29 is 47.5 Å². The van der Waals surface area contributed by atoms with Crippen LogP contribution >= 0.6 is 7.82 Å². The molecule has 0 heterocycles. The Labute approximate surface area is 339 Å². The summed E-state index contributed by atoms with van der Waals surface area (Å²) in [6.45, 7) is 2.72. The van der Waals surface area contributed by atoms with Crippen LogP contribution in [0.5, 0.6) is 0 Å². The van der Waals surface area contributed by atoms with Crippen LogP contribution in [0.4, 0.5) is 0 Å². The standard InChI is InChI=1S/C44H78NO10P/c1-3-5-7-9-11-13-15-17-19-20-22-24-26-28-30-32-34-36-43(47)55-40(38-53-56(50,51)54-39-41(45)44(48)49)37-52-42(46)35-33-31-29-27-25-23-21-18-16-14-12-10-8-6-4-2/h18,21-22,24-25,27-28,30,40-41H,3-17,19-20,23,26,29,31-39,45H2,1-2H3,(H,48,49)(H,50,51)/b21-18+,24-22+,27-25+,30-28+/t40-,41+/m1/s1. The minimum Gasteiger partial charge on any atom is -0.480 e. The van der Waals surface area contributed by atoms with E-state index in [0.29, 0.717) is 19.3 Å².